The largest absolute Gasteiger partial charge is 0.383 e. The van der Waals surface area contributed by atoms with E-state index in [9.17, 15) is 13.2 Å². The van der Waals surface area contributed by atoms with E-state index in [1.807, 2.05) is 25.1 Å². The van der Waals surface area contributed by atoms with Crippen LogP contribution in [0.2, 0.25) is 0 Å². The van der Waals surface area contributed by atoms with Crippen molar-refractivity contribution in [3.05, 3.63) is 59.2 Å². The smallest absolute Gasteiger partial charge is 0.262 e. The SMILES string of the molecule is COCCNC(=O)C1(c2ccc(NS(=O)(=O)c3ccc(C)cc3C)cc2)CC1. The summed E-state index contributed by atoms with van der Waals surface area (Å²) in [5, 5.41) is 2.89. The number of anilines is 1. The molecule has 0 aliphatic heterocycles. The summed E-state index contributed by atoms with van der Waals surface area (Å²) in [4.78, 5) is 12.8. The molecule has 0 saturated heterocycles. The third-order valence-corrected chi connectivity index (χ3v) is 6.63. The molecule has 2 aromatic carbocycles. The standard InChI is InChI=1S/C21H26N2O4S/c1-15-4-9-19(16(2)14-15)28(25,26)23-18-7-5-17(6-8-18)21(10-11-21)20(24)22-12-13-27-3/h4-9,14,23H,10-13H2,1-3H3,(H,22,24). The van der Waals surface area contributed by atoms with Crippen LogP contribution in [0.5, 0.6) is 0 Å². The van der Waals surface area contributed by atoms with E-state index in [-0.39, 0.29) is 10.8 Å². The molecule has 0 heterocycles. The van der Waals surface area contributed by atoms with Gasteiger partial charge in [0.15, 0.2) is 0 Å². The van der Waals surface area contributed by atoms with Crippen molar-refractivity contribution in [3.63, 3.8) is 0 Å². The highest BCUT2D eigenvalue weighted by Gasteiger charge is 2.51. The van der Waals surface area contributed by atoms with Crippen molar-refractivity contribution in [2.75, 3.05) is 25.0 Å². The summed E-state index contributed by atoms with van der Waals surface area (Å²) < 4.78 is 33.0. The molecule has 1 aliphatic rings. The average Bonchev–Trinajstić information content (AvgIpc) is 3.44. The van der Waals surface area contributed by atoms with Crippen LogP contribution in [0.25, 0.3) is 0 Å². The van der Waals surface area contributed by atoms with Crippen LogP contribution in [0, 0.1) is 13.8 Å². The van der Waals surface area contributed by atoms with E-state index in [0.29, 0.717) is 24.4 Å². The van der Waals surface area contributed by atoms with E-state index >= 15 is 0 Å². The van der Waals surface area contributed by atoms with E-state index in [1.54, 1.807) is 38.3 Å². The quantitative estimate of drug-likeness (QED) is 0.665. The van der Waals surface area contributed by atoms with E-state index in [2.05, 4.69) is 10.0 Å². The lowest BCUT2D eigenvalue weighted by atomic mass is 9.95. The van der Waals surface area contributed by atoms with Crippen molar-refractivity contribution in [2.45, 2.75) is 37.0 Å². The number of sulfonamides is 1. The van der Waals surface area contributed by atoms with Gasteiger partial charge in [-0.3, -0.25) is 9.52 Å². The molecule has 28 heavy (non-hydrogen) atoms. The lowest BCUT2D eigenvalue weighted by molar-refractivity contribution is -0.123. The van der Waals surface area contributed by atoms with E-state index in [1.165, 1.54) is 0 Å². The number of hydrogen-bond donors (Lipinski definition) is 2. The Hall–Kier alpha value is -2.38. The molecule has 0 atom stereocenters. The third-order valence-electron chi connectivity index (χ3n) is 5.09. The summed E-state index contributed by atoms with van der Waals surface area (Å²) in [7, 11) is -2.07. The van der Waals surface area contributed by atoms with Crippen LogP contribution in [-0.2, 0) is 25.0 Å². The first-order chi connectivity index (χ1) is 13.3. The first kappa shape index (κ1) is 20.4. The van der Waals surface area contributed by atoms with Gasteiger partial charge in [0, 0.05) is 19.3 Å². The highest BCUT2D eigenvalue weighted by molar-refractivity contribution is 7.92. The molecule has 1 fully saturated rings. The van der Waals surface area contributed by atoms with Crippen molar-refractivity contribution >= 4 is 21.6 Å². The van der Waals surface area contributed by atoms with Gasteiger partial charge in [-0.2, -0.15) is 0 Å². The van der Waals surface area contributed by atoms with Crippen LogP contribution in [0.1, 0.15) is 29.5 Å². The Kier molecular flexibility index (Phi) is 5.76. The molecular formula is C21H26N2O4S. The van der Waals surface area contributed by atoms with E-state index in [0.717, 1.165) is 24.0 Å². The molecule has 0 unspecified atom stereocenters. The summed E-state index contributed by atoms with van der Waals surface area (Å²) in [6.07, 6.45) is 1.58. The highest BCUT2D eigenvalue weighted by Crippen LogP contribution is 2.48. The monoisotopic (exact) mass is 402 g/mol. The van der Waals surface area contributed by atoms with Gasteiger partial charge >= 0.3 is 0 Å². The molecule has 0 radical (unpaired) electrons. The van der Waals surface area contributed by atoms with Gasteiger partial charge in [0.1, 0.15) is 0 Å². The Morgan fingerprint density at radius 2 is 1.79 bits per heavy atom. The first-order valence-electron chi connectivity index (χ1n) is 9.26. The minimum Gasteiger partial charge on any atom is -0.383 e. The molecule has 1 amide bonds. The zero-order valence-corrected chi connectivity index (χ0v) is 17.2. The molecule has 0 spiro atoms. The van der Waals surface area contributed by atoms with Gasteiger partial charge in [0.25, 0.3) is 10.0 Å². The number of hydrogen-bond acceptors (Lipinski definition) is 4. The summed E-state index contributed by atoms with van der Waals surface area (Å²) >= 11 is 0. The Balaban J connectivity index is 1.73. The number of carbonyl (C=O) groups is 1. The number of ether oxygens (including phenoxy) is 1. The molecule has 2 N–H and O–H groups in total. The van der Waals surface area contributed by atoms with Crippen LogP contribution >= 0.6 is 0 Å². The van der Waals surface area contributed by atoms with Crippen LogP contribution in [0.4, 0.5) is 5.69 Å². The fourth-order valence-electron chi connectivity index (χ4n) is 3.38. The summed E-state index contributed by atoms with van der Waals surface area (Å²) in [5.74, 6) is -0.00633. The number of nitrogens with one attached hydrogen (secondary N) is 2. The second-order valence-electron chi connectivity index (χ2n) is 7.28. The van der Waals surface area contributed by atoms with Gasteiger partial charge in [0.2, 0.25) is 5.91 Å². The van der Waals surface area contributed by atoms with Crippen LogP contribution in [0.3, 0.4) is 0 Å². The van der Waals surface area contributed by atoms with Crippen molar-refractivity contribution in [1.29, 1.82) is 0 Å². The maximum atomic E-state index is 12.7. The van der Waals surface area contributed by atoms with Crippen molar-refractivity contribution in [2.24, 2.45) is 0 Å². The van der Waals surface area contributed by atoms with E-state index < -0.39 is 15.4 Å². The predicted molar refractivity (Wildman–Crippen MR) is 109 cm³/mol. The fraction of sp³-hybridized carbons (Fsp3) is 0.381. The second kappa shape index (κ2) is 7.93. The molecule has 0 aromatic heterocycles. The van der Waals surface area contributed by atoms with Crippen molar-refractivity contribution < 1.29 is 17.9 Å². The Morgan fingerprint density at radius 1 is 1.11 bits per heavy atom. The fourth-order valence-corrected chi connectivity index (χ4v) is 4.66. The number of methoxy groups -OCH3 is 1. The molecule has 1 saturated carbocycles. The summed E-state index contributed by atoms with van der Waals surface area (Å²) in [5.41, 5.74) is 2.59. The molecule has 6 nitrogen and oxygen atoms in total. The first-order valence-corrected chi connectivity index (χ1v) is 10.7. The molecule has 7 heteroatoms. The number of benzene rings is 2. The van der Waals surface area contributed by atoms with Gasteiger partial charge in [-0.1, -0.05) is 29.8 Å². The number of rotatable bonds is 8. The maximum absolute atomic E-state index is 12.7. The normalized spacial score (nSPS) is 15.1. The average molecular weight is 403 g/mol. The third kappa shape index (κ3) is 4.20. The maximum Gasteiger partial charge on any atom is 0.262 e. The molecule has 3 rings (SSSR count). The minimum atomic E-state index is -3.67. The number of carbonyl (C=O) groups excluding carboxylic acids is 1. The topological polar surface area (TPSA) is 84.5 Å². The second-order valence-corrected chi connectivity index (χ2v) is 8.93. The highest BCUT2D eigenvalue weighted by atomic mass is 32.2. The molecule has 0 bridgehead atoms. The molecule has 1 aliphatic carbocycles. The number of amides is 1. The predicted octanol–water partition coefficient (Wildman–Crippen LogP) is 2.90. The summed E-state index contributed by atoms with van der Waals surface area (Å²) in [6.45, 7) is 4.66. The molecular weight excluding hydrogens is 376 g/mol. The van der Waals surface area contributed by atoms with E-state index in [4.69, 9.17) is 4.74 Å². The van der Waals surface area contributed by atoms with Crippen molar-refractivity contribution in [1.82, 2.24) is 5.32 Å². The summed E-state index contributed by atoms with van der Waals surface area (Å²) in [6, 6.07) is 12.3. The van der Waals surface area contributed by atoms with Crippen LogP contribution < -0.4 is 10.0 Å². The Labute approximate surface area is 166 Å². The minimum absolute atomic E-state index is 0.00633. The Morgan fingerprint density at radius 3 is 2.36 bits per heavy atom. The van der Waals surface area contributed by atoms with Gasteiger partial charge < -0.3 is 10.1 Å². The van der Waals surface area contributed by atoms with Gasteiger partial charge in [-0.05, 0) is 56.0 Å². The zero-order valence-electron chi connectivity index (χ0n) is 16.4. The van der Waals surface area contributed by atoms with Gasteiger partial charge in [0.05, 0.1) is 16.9 Å². The Bertz CT molecular complexity index is 964. The number of aryl methyl sites for hydroxylation is 2. The van der Waals surface area contributed by atoms with Gasteiger partial charge in [-0.25, -0.2) is 8.42 Å². The molecule has 2 aromatic rings. The van der Waals surface area contributed by atoms with Gasteiger partial charge in [-0.15, -0.1) is 0 Å². The van der Waals surface area contributed by atoms with Crippen LogP contribution in [-0.4, -0.2) is 34.6 Å². The lowest BCUT2D eigenvalue weighted by Crippen LogP contribution is -2.36. The van der Waals surface area contributed by atoms with Crippen LogP contribution in [0.15, 0.2) is 47.4 Å². The molecule has 150 valence electrons. The zero-order chi connectivity index (χ0) is 20.4. The lowest BCUT2D eigenvalue weighted by Gasteiger charge is -2.17. The van der Waals surface area contributed by atoms with Crippen molar-refractivity contribution in [3.8, 4) is 0 Å².